The Balaban J connectivity index is 1.75. The molecule has 100 valence electrons. The third-order valence-corrected chi connectivity index (χ3v) is 4.48. The fourth-order valence-electron chi connectivity index (χ4n) is 3.30. The van der Waals surface area contributed by atoms with Crippen molar-refractivity contribution < 1.29 is 0 Å². The van der Waals surface area contributed by atoms with E-state index in [9.17, 15) is 0 Å². The van der Waals surface area contributed by atoms with E-state index in [2.05, 4.69) is 54.7 Å². The van der Waals surface area contributed by atoms with Crippen LogP contribution in [0.1, 0.15) is 44.2 Å². The average Bonchev–Trinajstić information content (AvgIpc) is 2.97. The van der Waals surface area contributed by atoms with Crippen LogP contribution in [0.2, 0.25) is 0 Å². The van der Waals surface area contributed by atoms with Gasteiger partial charge in [0.1, 0.15) is 0 Å². The molecule has 0 aromatic heterocycles. The smallest absolute Gasteiger partial charge is 0.0298 e. The molecule has 3 rings (SSSR count). The molecule has 1 aliphatic carbocycles. The first kappa shape index (κ1) is 12.7. The lowest BCUT2D eigenvalue weighted by atomic mass is 9.99. The summed E-state index contributed by atoms with van der Waals surface area (Å²) in [6.07, 6.45) is 5.68. The van der Waals surface area contributed by atoms with E-state index in [4.69, 9.17) is 0 Å². The van der Waals surface area contributed by atoms with E-state index in [1.165, 1.54) is 48.6 Å². The summed E-state index contributed by atoms with van der Waals surface area (Å²) in [6, 6.07) is 15.7. The highest BCUT2D eigenvalue weighted by Crippen LogP contribution is 2.27. The summed E-state index contributed by atoms with van der Waals surface area (Å²) in [6.45, 7) is 3.46. The largest absolute Gasteiger partial charge is 0.310 e. The molecule has 1 unspecified atom stereocenters. The Kier molecular flexibility index (Phi) is 3.84. The third-order valence-electron chi connectivity index (χ3n) is 4.48. The minimum absolute atomic E-state index is 0.437. The van der Waals surface area contributed by atoms with E-state index in [1.807, 2.05) is 0 Å². The molecule has 1 N–H and O–H groups in total. The minimum Gasteiger partial charge on any atom is -0.310 e. The molecule has 1 heteroatoms. The van der Waals surface area contributed by atoms with Crippen LogP contribution in [0.15, 0.2) is 42.5 Å². The zero-order valence-corrected chi connectivity index (χ0v) is 11.7. The van der Waals surface area contributed by atoms with Gasteiger partial charge in [0.05, 0.1) is 0 Å². The molecule has 1 atom stereocenters. The van der Waals surface area contributed by atoms with Gasteiger partial charge in [-0.1, -0.05) is 55.3 Å². The predicted octanol–water partition coefficient (Wildman–Crippen LogP) is 4.68. The summed E-state index contributed by atoms with van der Waals surface area (Å²) in [7, 11) is 0. The molecule has 19 heavy (non-hydrogen) atoms. The molecule has 0 heterocycles. The van der Waals surface area contributed by atoms with Gasteiger partial charge in [-0.3, -0.25) is 0 Å². The van der Waals surface area contributed by atoms with Crippen LogP contribution < -0.4 is 5.32 Å². The van der Waals surface area contributed by atoms with Crippen LogP contribution in [0, 0.1) is 5.92 Å². The lowest BCUT2D eigenvalue weighted by Gasteiger charge is -2.19. The van der Waals surface area contributed by atoms with E-state index < -0.39 is 0 Å². The van der Waals surface area contributed by atoms with Gasteiger partial charge in [-0.15, -0.1) is 0 Å². The van der Waals surface area contributed by atoms with Crippen molar-refractivity contribution in [2.45, 2.75) is 38.6 Å². The maximum Gasteiger partial charge on any atom is 0.0298 e. The summed E-state index contributed by atoms with van der Waals surface area (Å²) in [5.74, 6) is 0.900. The van der Waals surface area contributed by atoms with E-state index in [0.29, 0.717) is 6.04 Å². The summed E-state index contributed by atoms with van der Waals surface area (Å²) in [5.41, 5.74) is 1.43. The SMILES string of the molecule is CC(NCC1CCCC1)c1cccc2ccccc12. The molecule has 0 amide bonds. The Morgan fingerprint density at radius 1 is 1.05 bits per heavy atom. The number of nitrogens with one attached hydrogen (secondary N) is 1. The monoisotopic (exact) mass is 253 g/mol. The Labute approximate surface area is 116 Å². The molecule has 0 bridgehead atoms. The highest BCUT2D eigenvalue weighted by atomic mass is 14.9. The maximum atomic E-state index is 3.73. The van der Waals surface area contributed by atoms with E-state index in [-0.39, 0.29) is 0 Å². The van der Waals surface area contributed by atoms with Crippen LogP contribution >= 0.6 is 0 Å². The van der Waals surface area contributed by atoms with Crippen molar-refractivity contribution in [2.24, 2.45) is 5.92 Å². The first-order valence-electron chi connectivity index (χ1n) is 7.55. The third kappa shape index (κ3) is 2.82. The summed E-state index contributed by atoms with van der Waals surface area (Å²) >= 11 is 0. The number of hydrogen-bond acceptors (Lipinski definition) is 1. The Hall–Kier alpha value is -1.34. The fourth-order valence-corrected chi connectivity index (χ4v) is 3.30. The van der Waals surface area contributed by atoms with Crippen LogP contribution in [0.5, 0.6) is 0 Å². The molecule has 1 saturated carbocycles. The van der Waals surface area contributed by atoms with Crippen LogP contribution in [0.3, 0.4) is 0 Å². The van der Waals surface area contributed by atoms with E-state index >= 15 is 0 Å². The molecular weight excluding hydrogens is 230 g/mol. The van der Waals surface area contributed by atoms with Gasteiger partial charge >= 0.3 is 0 Å². The molecule has 1 aliphatic rings. The molecule has 2 aromatic rings. The maximum absolute atomic E-state index is 3.73. The quantitative estimate of drug-likeness (QED) is 0.834. The predicted molar refractivity (Wildman–Crippen MR) is 82.3 cm³/mol. The van der Waals surface area contributed by atoms with Crippen molar-refractivity contribution >= 4 is 10.8 Å². The molecular formula is C18H23N. The molecule has 0 saturated heterocycles. The second kappa shape index (κ2) is 5.75. The van der Waals surface area contributed by atoms with E-state index in [0.717, 1.165) is 5.92 Å². The normalized spacial score (nSPS) is 17.9. The molecule has 0 aliphatic heterocycles. The standard InChI is InChI=1S/C18H23N/c1-14(19-13-15-7-2-3-8-15)17-12-6-10-16-9-4-5-11-18(16)17/h4-6,9-12,14-15,19H,2-3,7-8,13H2,1H3. The average molecular weight is 253 g/mol. The van der Waals surface area contributed by atoms with Gasteiger partial charge in [-0.25, -0.2) is 0 Å². The van der Waals surface area contributed by atoms with Crippen molar-refractivity contribution in [3.63, 3.8) is 0 Å². The minimum atomic E-state index is 0.437. The molecule has 0 radical (unpaired) electrons. The van der Waals surface area contributed by atoms with E-state index in [1.54, 1.807) is 0 Å². The summed E-state index contributed by atoms with van der Waals surface area (Å²) in [5, 5.41) is 6.46. The number of benzene rings is 2. The van der Waals surface area contributed by atoms with Gasteiger partial charge in [-0.2, -0.15) is 0 Å². The van der Waals surface area contributed by atoms with Gasteiger partial charge in [0.15, 0.2) is 0 Å². The lowest BCUT2D eigenvalue weighted by molar-refractivity contribution is 0.454. The second-order valence-corrected chi connectivity index (χ2v) is 5.85. The van der Waals surface area contributed by atoms with Crippen molar-refractivity contribution in [3.8, 4) is 0 Å². The van der Waals surface area contributed by atoms with Crippen LogP contribution in [0.4, 0.5) is 0 Å². The Morgan fingerprint density at radius 3 is 2.63 bits per heavy atom. The molecule has 2 aromatic carbocycles. The summed E-state index contributed by atoms with van der Waals surface area (Å²) in [4.78, 5) is 0. The highest BCUT2D eigenvalue weighted by molar-refractivity contribution is 5.86. The van der Waals surface area contributed by atoms with Crippen molar-refractivity contribution in [3.05, 3.63) is 48.0 Å². The van der Waals surface area contributed by atoms with Gasteiger partial charge in [0.2, 0.25) is 0 Å². The second-order valence-electron chi connectivity index (χ2n) is 5.85. The zero-order valence-electron chi connectivity index (χ0n) is 11.7. The van der Waals surface area contributed by atoms with Gasteiger partial charge in [0.25, 0.3) is 0 Å². The fraction of sp³-hybridized carbons (Fsp3) is 0.444. The number of hydrogen-bond donors (Lipinski definition) is 1. The Morgan fingerprint density at radius 2 is 1.79 bits per heavy atom. The highest BCUT2D eigenvalue weighted by Gasteiger charge is 2.16. The Bertz CT molecular complexity index is 535. The number of fused-ring (bicyclic) bond motifs is 1. The van der Waals surface area contributed by atoms with Crippen LogP contribution in [-0.2, 0) is 0 Å². The first-order valence-corrected chi connectivity index (χ1v) is 7.55. The van der Waals surface area contributed by atoms with Crippen molar-refractivity contribution in [2.75, 3.05) is 6.54 Å². The lowest BCUT2D eigenvalue weighted by Crippen LogP contribution is -2.24. The van der Waals surface area contributed by atoms with Crippen molar-refractivity contribution in [1.82, 2.24) is 5.32 Å². The van der Waals surface area contributed by atoms with Crippen LogP contribution in [-0.4, -0.2) is 6.54 Å². The van der Waals surface area contributed by atoms with Crippen LogP contribution in [0.25, 0.3) is 10.8 Å². The van der Waals surface area contributed by atoms with Crippen molar-refractivity contribution in [1.29, 1.82) is 0 Å². The van der Waals surface area contributed by atoms with Gasteiger partial charge in [0, 0.05) is 6.04 Å². The summed E-state index contributed by atoms with van der Waals surface area (Å²) < 4.78 is 0. The number of rotatable bonds is 4. The van der Waals surface area contributed by atoms with Gasteiger partial charge in [-0.05, 0) is 48.6 Å². The topological polar surface area (TPSA) is 12.0 Å². The molecule has 0 spiro atoms. The first-order chi connectivity index (χ1) is 9.34. The molecule has 1 fully saturated rings. The zero-order chi connectivity index (χ0) is 13.1. The van der Waals surface area contributed by atoms with Gasteiger partial charge < -0.3 is 5.32 Å². The molecule has 1 nitrogen and oxygen atoms in total.